The molecule has 0 bridgehead atoms. The first-order valence-corrected chi connectivity index (χ1v) is 6.01. The summed E-state index contributed by atoms with van der Waals surface area (Å²) >= 11 is 0. The van der Waals surface area contributed by atoms with Crippen molar-refractivity contribution in [1.82, 2.24) is 0 Å². The minimum atomic E-state index is 0.974. The van der Waals surface area contributed by atoms with E-state index in [0.29, 0.717) is 0 Å². The van der Waals surface area contributed by atoms with Gasteiger partial charge < -0.3 is 4.90 Å². The molecule has 0 aromatic heterocycles. The lowest BCUT2D eigenvalue weighted by atomic mass is 10.2. The van der Waals surface area contributed by atoms with Crippen molar-refractivity contribution >= 4 is 23.3 Å². The monoisotopic (exact) mass is 234 g/mol. The highest BCUT2D eigenvalue weighted by molar-refractivity contribution is 6.01. The standard InChI is InChI=1S/C16H14N2/c1-13-17-16-10-6-5-7-14(16)11-12-18(13)15-8-3-2-4-9-15/h2-12H,1H3. The molecule has 0 saturated heterocycles. The predicted molar refractivity (Wildman–Crippen MR) is 77.2 cm³/mol. The molecule has 0 amide bonds. The summed E-state index contributed by atoms with van der Waals surface area (Å²) in [6.45, 7) is 2.03. The van der Waals surface area contributed by atoms with Gasteiger partial charge in [-0.3, -0.25) is 0 Å². The van der Waals surface area contributed by atoms with Crippen molar-refractivity contribution < 1.29 is 0 Å². The highest BCUT2D eigenvalue weighted by Gasteiger charge is 2.10. The van der Waals surface area contributed by atoms with E-state index in [1.54, 1.807) is 0 Å². The molecule has 0 radical (unpaired) electrons. The maximum Gasteiger partial charge on any atom is 0.110 e. The fraction of sp³-hybridized carbons (Fsp3) is 0.0625. The molecule has 2 aromatic rings. The number of hydrogen-bond donors (Lipinski definition) is 0. The minimum absolute atomic E-state index is 0.974. The number of aliphatic imine (C=N–C) groups is 1. The van der Waals surface area contributed by atoms with Crippen molar-refractivity contribution in [1.29, 1.82) is 0 Å². The minimum Gasteiger partial charge on any atom is -0.306 e. The van der Waals surface area contributed by atoms with Gasteiger partial charge >= 0.3 is 0 Å². The van der Waals surface area contributed by atoms with Gasteiger partial charge in [-0.05, 0) is 31.2 Å². The maximum atomic E-state index is 4.68. The first-order chi connectivity index (χ1) is 8.84. The van der Waals surface area contributed by atoms with Gasteiger partial charge in [0.15, 0.2) is 0 Å². The van der Waals surface area contributed by atoms with Gasteiger partial charge in [0.2, 0.25) is 0 Å². The largest absolute Gasteiger partial charge is 0.306 e. The third-order valence-corrected chi connectivity index (χ3v) is 3.01. The second-order valence-electron chi connectivity index (χ2n) is 4.24. The Balaban J connectivity index is 2.07. The molecule has 0 aliphatic carbocycles. The van der Waals surface area contributed by atoms with Crippen molar-refractivity contribution in [3.63, 3.8) is 0 Å². The fourth-order valence-electron chi connectivity index (χ4n) is 2.08. The van der Waals surface area contributed by atoms with Crippen molar-refractivity contribution in [2.45, 2.75) is 6.92 Å². The summed E-state index contributed by atoms with van der Waals surface area (Å²) in [7, 11) is 0. The summed E-state index contributed by atoms with van der Waals surface area (Å²) in [4.78, 5) is 6.77. The summed E-state index contributed by atoms with van der Waals surface area (Å²) in [6, 6.07) is 18.4. The highest BCUT2D eigenvalue weighted by Crippen LogP contribution is 2.26. The lowest BCUT2D eigenvalue weighted by Gasteiger charge is -2.18. The Morgan fingerprint density at radius 1 is 0.889 bits per heavy atom. The summed E-state index contributed by atoms with van der Waals surface area (Å²) in [5.74, 6) is 0.974. The second kappa shape index (κ2) is 4.49. The smallest absolute Gasteiger partial charge is 0.110 e. The van der Waals surface area contributed by atoms with Crippen LogP contribution >= 0.6 is 0 Å². The normalized spacial score (nSPS) is 13.8. The lowest BCUT2D eigenvalue weighted by Crippen LogP contribution is -2.21. The zero-order valence-electron chi connectivity index (χ0n) is 10.2. The van der Waals surface area contributed by atoms with E-state index < -0.39 is 0 Å². The Bertz CT molecular complexity index is 612. The van der Waals surface area contributed by atoms with E-state index in [9.17, 15) is 0 Å². The number of benzene rings is 2. The van der Waals surface area contributed by atoms with E-state index in [4.69, 9.17) is 0 Å². The molecule has 0 saturated carbocycles. The van der Waals surface area contributed by atoms with Crippen molar-refractivity contribution in [2.24, 2.45) is 4.99 Å². The molecule has 2 heteroatoms. The van der Waals surface area contributed by atoms with Crippen LogP contribution in [0.25, 0.3) is 6.08 Å². The Morgan fingerprint density at radius 2 is 1.61 bits per heavy atom. The average molecular weight is 234 g/mol. The van der Waals surface area contributed by atoms with Crippen LogP contribution in [0, 0.1) is 0 Å². The molecule has 0 fully saturated rings. The van der Waals surface area contributed by atoms with Gasteiger partial charge in [0.25, 0.3) is 0 Å². The molecule has 18 heavy (non-hydrogen) atoms. The molecule has 1 aliphatic heterocycles. The number of hydrogen-bond acceptors (Lipinski definition) is 2. The zero-order valence-corrected chi connectivity index (χ0v) is 10.2. The van der Waals surface area contributed by atoms with Gasteiger partial charge in [0.1, 0.15) is 5.84 Å². The fourth-order valence-corrected chi connectivity index (χ4v) is 2.08. The number of anilines is 1. The van der Waals surface area contributed by atoms with Crippen LogP contribution in [-0.4, -0.2) is 5.84 Å². The molecule has 2 nitrogen and oxygen atoms in total. The molecule has 2 aromatic carbocycles. The van der Waals surface area contributed by atoms with Gasteiger partial charge in [-0.25, -0.2) is 4.99 Å². The summed E-state index contributed by atoms with van der Waals surface area (Å²) in [6.07, 6.45) is 4.17. The highest BCUT2D eigenvalue weighted by atomic mass is 15.2. The number of para-hydroxylation sites is 2. The summed E-state index contributed by atoms with van der Waals surface area (Å²) in [5.41, 5.74) is 3.29. The first kappa shape index (κ1) is 10.8. The Hall–Kier alpha value is -2.35. The molecular weight excluding hydrogens is 220 g/mol. The number of amidine groups is 1. The van der Waals surface area contributed by atoms with Crippen LogP contribution in [0.4, 0.5) is 11.4 Å². The van der Waals surface area contributed by atoms with Crippen molar-refractivity contribution in [3.05, 3.63) is 66.4 Å². The topological polar surface area (TPSA) is 15.6 Å². The summed E-state index contributed by atoms with van der Waals surface area (Å²) < 4.78 is 0. The lowest BCUT2D eigenvalue weighted by molar-refractivity contribution is 1.32. The average Bonchev–Trinajstić information content (AvgIpc) is 2.58. The maximum absolute atomic E-state index is 4.68. The van der Waals surface area contributed by atoms with Gasteiger partial charge in [-0.2, -0.15) is 0 Å². The number of fused-ring (bicyclic) bond motifs is 1. The molecular formula is C16H14N2. The third-order valence-electron chi connectivity index (χ3n) is 3.01. The molecule has 0 unspecified atom stereocenters. The van der Waals surface area contributed by atoms with Gasteiger partial charge in [-0.15, -0.1) is 0 Å². The van der Waals surface area contributed by atoms with Crippen LogP contribution in [-0.2, 0) is 0 Å². The quantitative estimate of drug-likeness (QED) is 0.721. The Labute approximate surface area is 107 Å². The van der Waals surface area contributed by atoms with Crippen LogP contribution in [0.1, 0.15) is 12.5 Å². The second-order valence-corrected chi connectivity index (χ2v) is 4.24. The molecule has 0 N–H and O–H groups in total. The zero-order chi connectivity index (χ0) is 12.4. The van der Waals surface area contributed by atoms with Gasteiger partial charge in [0, 0.05) is 17.5 Å². The summed E-state index contributed by atoms with van der Waals surface area (Å²) in [5, 5.41) is 0. The van der Waals surface area contributed by atoms with E-state index in [1.165, 1.54) is 0 Å². The Kier molecular flexibility index (Phi) is 2.69. The van der Waals surface area contributed by atoms with Crippen LogP contribution in [0.2, 0.25) is 0 Å². The number of rotatable bonds is 1. The van der Waals surface area contributed by atoms with Crippen molar-refractivity contribution in [3.8, 4) is 0 Å². The molecule has 0 atom stereocenters. The third kappa shape index (κ3) is 1.93. The van der Waals surface area contributed by atoms with Crippen LogP contribution in [0.5, 0.6) is 0 Å². The van der Waals surface area contributed by atoms with E-state index in [1.807, 2.05) is 43.3 Å². The first-order valence-electron chi connectivity index (χ1n) is 6.01. The van der Waals surface area contributed by atoms with E-state index >= 15 is 0 Å². The van der Waals surface area contributed by atoms with Crippen LogP contribution in [0.3, 0.4) is 0 Å². The molecule has 88 valence electrons. The van der Waals surface area contributed by atoms with Gasteiger partial charge in [-0.1, -0.05) is 36.4 Å². The SMILES string of the molecule is CC1=Nc2ccccc2C=CN1c1ccccc1. The van der Waals surface area contributed by atoms with Gasteiger partial charge in [0.05, 0.1) is 5.69 Å². The molecule has 0 spiro atoms. The van der Waals surface area contributed by atoms with Crippen LogP contribution < -0.4 is 4.90 Å². The molecule has 1 heterocycles. The predicted octanol–water partition coefficient (Wildman–Crippen LogP) is 4.23. The number of nitrogens with zero attached hydrogens (tertiary/aromatic N) is 2. The molecule has 3 rings (SSSR count). The van der Waals surface area contributed by atoms with E-state index in [-0.39, 0.29) is 0 Å². The van der Waals surface area contributed by atoms with Crippen molar-refractivity contribution in [2.75, 3.05) is 4.90 Å². The van der Waals surface area contributed by atoms with E-state index in [2.05, 4.69) is 40.4 Å². The van der Waals surface area contributed by atoms with E-state index in [0.717, 1.165) is 22.8 Å². The van der Waals surface area contributed by atoms with Crippen LogP contribution in [0.15, 0.2) is 65.8 Å². The molecule has 1 aliphatic rings. The Morgan fingerprint density at radius 3 is 2.44 bits per heavy atom.